The van der Waals surface area contributed by atoms with Crippen molar-refractivity contribution in [2.45, 2.75) is 20.0 Å². The molecule has 5 nitrogen and oxygen atoms in total. The van der Waals surface area contributed by atoms with E-state index in [0.717, 1.165) is 0 Å². The predicted octanol–water partition coefficient (Wildman–Crippen LogP) is 1.91. The summed E-state index contributed by atoms with van der Waals surface area (Å²) < 4.78 is 6.38. The van der Waals surface area contributed by atoms with Gasteiger partial charge in [0.2, 0.25) is 0 Å². The van der Waals surface area contributed by atoms with Crippen LogP contribution >= 0.6 is 23.9 Å². The second-order valence-corrected chi connectivity index (χ2v) is 4.24. The standard InChI is InChI=1S/C7H15N3O2S2/c1-5(2)12-6(8)9-7(11)10(13-3)14-4/h5H,1-4H3,(H2,8,9,11). The lowest BCUT2D eigenvalue weighted by Crippen LogP contribution is -2.38. The first-order chi connectivity index (χ1) is 6.51. The molecule has 2 amide bonds. The van der Waals surface area contributed by atoms with Crippen molar-refractivity contribution in [3.63, 3.8) is 0 Å². The summed E-state index contributed by atoms with van der Waals surface area (Å²) in [6.45, 7) is 3.59. The van der Waals surface area contributed by atoms with E-state index in [1.54, 1.807) is 26.4 Å². The summed E-state index contributed by atoms with van der Waals surface area (Å²) in [6.07, 6.45) is 3.45. The highest BCUT2D eigenvalue weighted by Crippen LogP contribution is 2.15. The largest absolute Gasteiger partial charge is 0.462 e. The van der Waals surface area contributed by atoms with E-state index in [9.17, 15) is 4.79 Å². The smallest absolute Gasteiger partial charge is 0.345 e. The topological polar surface area (TPSA) is 65.4 Å². The van der Waals surface area contributed by atoms with Crippen molar-refractivity contribution in [2.75, 3.05) is 12.5 Å². The lowest BCUT2D eigenvalue weighted by atomic mass is 10.5. The zero-order valence-electron chi connectivity index (χ0n) is 8.66. The highest BCUT2D eigenvalue weighted by molar-refractivity contribution is 8.12. The minimum absolute atomic E-state index is 0.111. The Bertz CT molecular complexity index is 207. The number of amidine groups is 1. The molecule has 0 aromatic rings. The normalized spacial score (nSPS) is 9.79. The Labute approximate surface area is 92.7 Å². The molecule has 0 bridgehead atoms. The van der Waals surface area contributed by atoms with Gasteiger partial charge in [-0.25, -0.2) is 8.51 Å². The van der Waals surface area contributed by atoms with Crippen LogP contribution in [0.15, 0.2) is 0 Å². The SMILES string of the molecule is CSN(SC)C(=O)NC(=N)OC(C)C. The molecule has 0 atom stereocenters. The van der Waals surface area contributed by atoms with Gasteiger partial charge in [0.1, 0.15) is 0 Å². The fraction of sp³-hybridized carbons (Fsp3) is 0.714. The van der Waals surface area contributed by atoms with Gasteiger partial charge < -0.3 is 4.74 Å². The van der Waals surface area contributed by atoms with Crippen molar-refractivity contribution < 1.29 is 9.53 Å². The summed E-state index contributed by atoms with van der Waals surface area (Å²) >= 11 is 2.54. The van der Waals surface area contributed by atoms with Gasteiger partial charge in [0.05, 0.1) is 6.10 Å². The van der Waals surface area contributed by atoms with Crippen molar-refractivity contribution in [1.82, 2.24) is 9.03 Å². The molecule has 2 N–H and O–H groups in total. The van der Waals surface area contributed by atoms with Crippen LogP contribution in [0.25, 0.3) is 0 Å². The van der Waals surface area contributed by atoms with Gasteiger partial charge in [-0.3, -0.25) is 10.7 Å². The quantitative estimate of drug-likeness (QED) is 0.447. The average Bonchev–Trinajstić information content (AvgIpc) is 2.04. The van der Waals surface area contributed by atoms with E-state index in [0.29, 0.717) is 0 Å². The van der Waals surface area contributed by atoms with Gasteiger partial charge >= 0.3 is 6.03 Å². The molecule has 0 unspecified atom stereocenters. The Balaban J connectivity index is 3.98. The lowest BCUT2D eigenvalue weighted by molar-refractivity contribution is 0.208. The summed E-state index contributed by atoms with van der Waals surface area (Å²) in [7, 11) is 0. The summed E-state index contributed by atoms with van der Waals surface area (Å²) in [5, 5.41) is 9.61. The van der Waals surface area contributed by atoms with Crippen LogP contribution in [0, 0.1) is 5.41 Å². The van der Waals surface area contributed by atoms with E-state index in [1.165, 1.54) is 27.6 Å². The third-order valence-corrected chi connectivity index (χ3v) is 2.96. The zero-order chi connectivity index (χ0) is 11.1. The third kappa shape index (κ3) is 5.23. The van der Waals surface area contributed by atoms with E-state index in [-0.39, 0.29) is 18.2 Å². The molecule has 0 aliphatic rings. The van der Waals surface area contributed by atoms with Crippen LogP contribution in [-0.2, 0) is 4.74 Å². The molecule has 0 aromatic heterocycles. The second-order valence-electron chi connectivity index (χ2n) is 2.55. The van der Waals surface area contributed by atoms with Crippen molar-refractivity contribution in [2.24, 2.45) is 0 Å². The molecule has 0 rings (SSSR count). The van der Waals surface area contributed by atoms with Crippen molar-refractivity contribution in [1.29, 1.82) is 5.41 Å². The van der Waals surface area contributed by atoms with E-state index in [1.807, 2.05) is 0 Å². The van der Waals surface area contributed by atoms with Crippen LogP contribution in [0.4, 0.5) is 4.79 Å². The van der Waals surface area contributed by atoms with Gasteiger partial charge in [0.25, 0.3) is 6.02 Å². The average molecular weight is 237 g/mol. The van der Waals surface area contributed by atoms with E-state index in [4.69, 9.17) is 10.1 Å². The number of hydrogen-bond acceptors (Lipinski definition) is 5. The Hall–Kier alpha value is -0.560. The molecule has 0 radical (unpaired) electrons. The summed E-state index contributed by atoms with van der Waals surface area (Å²) in [4.78, 5) is 11.3. The first-order valence-corrected chi connectivity index (χ1v) is 6.32. The summed E-state index contributed by atoms with van der Waals surface area (Å²) in [5.41, 5.74) is 0. The molecule has 0 aliphatic carbocycles. The maximum absolute atomic E-state index is 11.3. The summed E-state index contributed by atoms with van der Waals surface area (Å²) in [5.74, 6) is 0. The first-order valence-electron chi connectivity index (χ1n) is 3.95. The minimum atomic E-state index is -0.365. The van der Waals surface area contributed by atoms with E-state index in [2.05, 4.69) is 5.32 Å². The fourth-order valence-electron chi connectivity index (χ4n) is 0.648. The number of urea groups is 1. The molecule has 0 saturated carbocycles. The van der Waals surface area contributed by atoms with Gasteiger partial charge in [-0.15, -0.1) is 0 Å². The number of carbonyl (C=O) groups is 1. The van der Waals surface area contributed by atoms with Gasteiger partial charge in [0, 0.05) is 12.5 Å². The highest BCUT2D eigenvalue weighted by atomic mass is 32.2. The summed E-state index contributed by atoms with van der Waals surface area (Å²) in [6, 6.07) is -0.589. The highest BCUT2D eigenvalue weighted by Gasteiger charge is 2.13. The first kappa shape index (κ1) is 13.4. The molecule has 82 valence electrons. The predicted molar refractivity (Wildman–Crippen MR) is 61.3 cm³/mol. The number of nitrogens with one attached hydrogen (secondary N) is 2. The molecular weight excluding hydrogens is 222 g/mol. The molecule has 0 aromatic carbocycles. The molecule has 0 fully saturated rings. The van der Waals surface area contributed by atoms with E-state index < -0.39 is 0 Å². The molecule has 14 heavy (non-hydrogen) atoms. The monoisotopic (exact) mass is 237 g/mol. The third-order valence-electron chi connectivity index (χ3n) is 1.07. The molecule has 0 heterocycles. The molecule has 0 spiro atoms. The molecule has 7 heteroatoms. The van der Waals surface area contributed by atoms with Crippen molar-refractivity contribution in [3.05, 3.63) is 0 Å². The Morgan fingerprint density at radius 2 is 1.93 bits per heavy atom. The van der Waals surface area contributed by atoms with Gasteiger partial charge in [-0.1, -0.05) is 0 Å². The zero-order valence-corrected chi connectivity index (χ0v) is 10.3. The van der Waals surface area contributed by atoms with Crippen LogP contribution in [-0.4, -0.2) is 34.4 Å². The van der Waals surface area contributed by atoms with Crippen LogP contribution in [0.1, 0.15) is 13.8 Å². The van der Waals surface area contributed by atoms with Gasteiger partial charge in [-0.05, 0) is 37.7 Å². The van der Waals surface area contributed by atoms with Crippen LogP contribution < -0.4 is 5.32 Å². The number of rotatable bonds is 3. The lowest BCUT2D eigenvalue weighted by Gasteiger charge is -2.17. The Morgan fingerprint density at radius 3 is 2.29 bits per heavy atom. The van der Waals surface area contributed by atoms with Crippen molar-refractivity contribution in [3.8, 4) is 0 Å². The minimum Gasteiger partial charge on any atom is -0.462 e. The number of carbonyl (C=O) groups excluding carboxylic acids is 1. The molecule has 0 aliphatic heterocycles. The van der Waals surface area contributed by atoms with Crippen LogP contribution in [0.5, 0.6) is 0 Å². The van der Waals surface area contributed by atoms with Crippen molar-refractivity contribution >= 4 is 35.9 Å². The fourth-order valence-corrected chi connectivity index (χ4v) is 1.67. The maximum Gasteiger partial charge on any atom is 0.345 e. The maximum atomic E-state index is 11.3. The molecular formula is C7H15N3O2S2. The second kappa shape index (κ2) is 6.83. The van der Waals surface area contributed by atoms with Gasteiger partial charge in [0.15, 0.2) is 0 Å². The molecule has 0 saturated heterocycles. The number of amides is 2. The van der Waals surface area contributed by atoms with Crippen LogP contribution in [0.2, 0.25) is 0 Å². The number of ether oxygens (including phenoxy) is 1. The van der Waals surface area contributed by atoms with Gasteiger partial charge in [-0.2, -0.15) is 0 Å². The Morgan fingerprint density at radius 1 is 1.43 bits per heavy atom. The van der Waals surface area contributed by atoms with E-state index >= 15 is 0 Å². The number of hydrogen-bond donors (Lipinski definition) is 2. The number of nitrogens with zero attached hydrogens (tertiary/aromatic N) is 1. The Kier molecular flexibility index (Phi) is 6.56. The van der Waals surface area contributed by atoms with Crippen LogP contribution in [0.3, 0.4) is 0 Å².